The van der Waals surface area contributed by atoms with Crippen molar-refractivity contribution in [3.8, 4) is 11.8 Å². The van der Waals surface area contributed by atoms with Gasteiger partial charge in [-0.2, -0.15) is 0 Å². The number of hydrogen-bond acceptors (Lipinski definition) is 0. The Labute approximate surface area is 160 Å². The van der Waals surface area contributed by atoms with Crippen LogP contribution in [-0.4, -0.2) is 0 Å². The molecule has 0 nitrogen and oxygen atoms in total. The maximum absolute atomic E-state index is 13.4. The lowest BCUT2D eigenvalue weighted by atomic mass is 9.72. The Balaban J connectivity index is 1.79. The first kappa shape index (κ1) is 17.3. The summed E-state index contributed by atoms with van der Waals surface area (Å²) in [4.78, 5) is 0. The van der Waals surface area contributed by atoms with Crippen molar-refractivity contribution in [3.05, 3.63) is 113 Å². The minimum absolute atomic E-state index is 0.0737. The summed E-state index contributed by atoms with van der Waals surface area (Å²) in [5, 5.41) is 0. The second-order valence-corrected chi connectivity index (χ2v) is 7.59. The summed E-state index contributed by atoms with van der Waals surface area (Å²) in [6, 6.07) is 23.2. The smallest absolute Gasteiger partial charge is 0.123 e. The van der Waals surface area contributed by atoms with Crippen LogP contribution in [0.2, 0.25) is 0 Å². The number of hydrogen-bond donors (Lipinski definition) is 0. The van der Waals surface area contributed by atoms with Gasteiger partial charge in [-0.3, -0.25) is 0 Å². The molecule has 0 saturated heterocycles. The minimum atomic E-state index is -0.210. The maximum Gasteiger partial charge on any atom is 0.123 e. The van der Waals surface area contributed by atoms with Crippen LogP contribution < -0.4 is 0 Å². The number of fused-ring (bicyclic) bond motifs is 1. The van der Waals surface area contributed by atoms with Gasteiger partial charge in [-0.15, -0.1) is 0 Å². The van der Waals surface area contributed by atoms with E-state index in [0.717, 1.165) is 28.7 Å². The third-order valence-corrected chi connectivity index (χ3v) is 5.14. The van der Waals surface area contributed by atoms with E-state index in [1.165, 1.54) is 23.3 Å². The van der Waals surface area contributed by atoms with Crippen molar-refractivity contribution in [2.24, 2.45) is 0 Å². The molecule has 1 aliphatic rings. The van der Waals surface area contributed by atoms with E-state index in [4.69, 9.17) is 0 Å². The van der Waals surface area contributed by atoms with Crippen molar-refractivity contribution in [3.63, 3.8) is 0 Å². The van der Waals surface area contributed by atoms with Crippen molar-refractivity contribution in [1.29, 1.82) is 0 Å². The summed E-state index contributed by atoms with van der Waals surface area (Å²) in [5.74, 6) is 6.30. The number of halogens is 1. The molecule has 0 unspecified atom stereocenters. The molecule has 1 heteroatoms. The monoisotopic (exact) mass is 352 g/mol. The summed E-state index contributed by atoms with van der Waals surface area (Å²) in [7, 11) is 0. The number of rotatable bonds is 1. The van der Waals surface area contributed by atoms with E-state index in [-0.39, 0.29) is 11.2 Å². The van der Waals surface area contributed by atoms with Crippen LogP contribution in [0.1, 0.15) is 48.1 Å². The van der Waals surface area contributed by atoms with Gasteiger partial charge in [-0.25, -0.2) is 4.39 Å². The van der Waals surface area contributed by atoms with Gasteiger partial charge >= 0.3 is 0 Å². The van der Waals surface area contributed by atoms with Crippen molar-refractivity contribution < 1.29 is 4.39 Å². The van der Waals surface area contributed by atoms with Gasteiger partial charge in [0.1, 0.15) is 5.82 Å². The Bertz CT molecular complexity index is 1060. The second-order valence-electron chi connectivity index (χ2n) is 7.59. The van der Waals surface area contributed by atoms with E-state index < -0.39 is 0 Å². The van der Waals surface area contributed by atoms with Crippen LogP contribution in [0, 0.1) is 17.7 Å². The Morgan fingerprint density at radius 3 is 2.26 bits per heavy atom. The summed E-state index contributed by atoms with van der Waals surface area (Å²) in [6.45, 7) is 4.53. The maximum atomic E-state index is 13.4. The van der Waals surface area contributed by atoms with E-state index in [1.807, 2.05) is 42.5 Å². The molecule has 0 atom stereocenters. The van der Waals surface area contributed by atoms with Gasteiger partial charge in [0.25, 0.3) is 0 Å². The average molecular weight is 352 g/mol. The van der Waals surface area contributed by atoms with Crippen molar-refractivity contribution >= 4 is 5.57 Å². The quantitative estimate of drug-likeness (QED) is 0.448. The molecule has 0 heterocycles. The Morgan fingerprint density at radius 2 is 1.52 bits per heavy atom. The first-order valence-corrected chi connectivity index (χ1v) is 9.21. The average Bonchev–Trinajstić information content (AvgIpc) is 2.68. The molecule has 3 aromatic rings. The highest BCUT2D eigenvalue weighted by Gasteiger charge is 2.28. The van der Waals surface area contributed by atoms with Crippen LogP contribution in [-0.2, 0) is 5.41 Å². The van der Waals surface area contributed by atoms with Crippen LogP contribution in [0.15, 0.2) is 78.9 Å². The molecular formula is C26H21F. The van der Waals surface area contributed by atoms with Gasteiger partial charge in [0.2, 0.25) is 0 Å². The first-order chi connectivity index (χ1) is 13.0. The number of benzene rings is 3. The molecule has 4 rings (SSSR count). The molecule has 0 spiro atoms. The SMILES string of the molecule is CC1(C)CC=C(c2ccc(F)cc2)c2cc(C#Cc3ccccc3)ccc21. The highest BCUT2D eigenvalue weighted by Crippen LogP contribution is 2.41. The normalized spacial score (nSPS) is 14.6. The van der Waals surface area contributed by atoms with E-state index in [1.54, 1.807) is 0 Å². The van der Waals surface area contributed by atoms with Crippen LogP contribution in [0.5, 0.6) is 0 Å². The molecule has 0 radical (unpaired) electrons. The van der Waals surface area contributed by atoms with Crippen molar-refractivity contribution in [1.82, 2.24) is 0 Å². The zero-order valence-corrected chi connectivity index (χ0v) is 15.6. The van der Waals surface area contributed by atoms with E-state index in [0.29, 0.717) is 0 Å². The Kier molecular flexibility index (Phi) is 4.42. The van der Waals surface area contributed by atoms with Crippen LogP contribution >= 0.6 is 0 Å². The summed E-state index contributed by atoms with van der Waals surface area (Å²) >= 11 is 0. The zero-order chi connectivity index (χ0) is 18.9. The second kappa shape index (κ2) is 6.89. The van der Waals surface area contributed by atoms with E-state index in [9.17, 15) is 4.39 Å². The lowest BCUT2D eigenvalue weighted by Crippen LogP contribution is -2.22. The van der Waals surface area contributed by atoms with Crippen molar-refractivity contribution in [2.45, 2.75) is 25.7 Å². The lowest BCUT2D eigenvalue weighted by molar-refractivity contribution is 0.527. The molecule has 3 aromatic carbocycles. The van der Waals surface area contributed by atoms with Gasteiger partial charge in [0, 0.05) is 11.1 Å². The largest absolute Gasteiger partial charge is 0.207 e. The molecule has 27 heavy (non-hydrogen) atoms. The third-order valence-electron chi connectivity index (χ3n) is 5.14. The molecule has 0 saturated carbocycles. The van der Waals surface area contributed by atoms with Gasteiger partial charge in [0.05, 0.1) is 0 Å². The topological polar surface area (TPSA) is 0 Å². The highest BCUT2D eigenvalue weighted by molar-refractivity contribution is 5.84. The molecule has 0 amide bonds. The lowest BCUT2D eigenvalue weighted by Gasteiger charge is -2.32. The first-order valence-electron chi connectivity index (χ1n) is 9.21. The van der Waals surface area contributed by atoms with Crippen LogP contribution in [0.25, 0.3) is 5.57 Å². The van der Waals surface area contributed by atoms with Gasteiger partial charge in [0.15, 0.2) is 0 Å². The minimum Gasteiger partial charge on any atom is -0.207 e. The molecule has 0 aliphatic heterocycles. The van der Waals surface area contributed by atoms with E-state index in [2.05, 4.69) is 50.0 Å². The van der Waals surface area contributed by atoms with Crippen LogP contribution in [0.4, 0.5) is 4.39 Å². The predicted octanol–water partition coefficient (Wildman–Crippen LogP) is 6.34. The molecular weight excluding hydrogens is 331 g/mol. The molecule has 132 valence electrons. The summed E-state index contributed by atoms with van der Waals surface area (Å²) in [5.41, 5.74) is 6.78. The van der Waals surface area contributed by atoms with Gasteiger partial charge < -0.3 is 0 Å². The summed E-state index contributed by atoms with van der Waals surface area (Å²) in [6.07, 6.45) is 3.23. The van der Waals surface area contributed by atoms with Crippen molar-refractivity contribution in [2.75, 3.05) is 0 Å². The predicted molar refractivity (Wildman–Crippen MR) is 110 cm³/mol. The zero-order valence-electron chi connectivity index (χ0n) is 15.6. The Hall–Kier alpha value is -3.11. The van der Waals surface area contributed by atoms with Gasteiger partial charge in [-0.1, -0.05) is 68.2 Å². The fourth-order valence-corrected chi connectivity index (χ4v) is 3.58. The van der Waals surface area contributed by atoms with E-state index >= 15 is 0 Å². The Morgan fingerprint density at radius 1 is 0.815 bits per heavy atom. The summed E-state index contributed by atoms with van der Waals surface area (Å²) < 4.78 is 13.4. The highest BCUT2D eigenvalue weighted by atomic mass is 19.1. The standard InChI is InChI=1S/C26H21F/c1-26(2)17-16-23(21-11-13-22(27)14-12-21)24-18-20(10-15-25(24)26)9-8-19-6-4-3-5-7-19/h3-7,10-16,18H,17H2,1-2H3. The molecule has 1 aliphatic carbocycles. The molecule has 0 fully saturated rings. The number of allylic oxidation sites excluding steroid dienone is 1. The molecule has 0 aromatic heterocycles. The van der Waals surface area contributed by atoms with Crippen LogP contribution in [0.3, 0.4) is 0 Å². The fourth-order valence-electron chi connectivity index (χ4n) is 3.58. The third kappa shape index (κ3) is 3.57. The van der Waals surface area contributed by atoms with Gasteiger partial charge in [-0.05, 0) is 70.5 Å². The fraction of sp³-hybridized carbons (Fsp3) is 0.154. The molecule has 0 N–H and O–H groups in total. The molecule has 0 bridgehead atoms.